The minimum Gasteiger partial charge on any atom is -0.444 e. The monoisotopic (exact) mass is 356 g/mol. The van der Waals surface area contributed by atoms with Crippen LogP contribution in [0.5, 0.6) is 0 Å². The molecule has 1 atom stereocenters. The van der Waals surface area contributed by atoms with Crippen LogP contribution in [0.15, 0.2) is 4.99 Å². The molecule has 1 saturated heterocycles. The quantitative estimate of drug-likeness (QED) is 0.361. The lowest BCUT2D eigenvalue weighted by atomic mass is 10.2. The number of rotatable bonds is 6. The molecule has 1 unspecified atom stereocenters. The average molecular weight is 357 g/mol. The van der Waals surface area contributed by atoms with E-state index in [0.717, 1.165) is 38.7 Å². The van der Waals surface area contributed by atoms with Crippen LogP contribution < -0.4 is 16.0 Å². The van der Waals surface area contributed by atoms with Crippen molar-refractivity contribution in [3.8, 4) is 0 Å². The predicted molar refractivity (Wildman–Crippen MR) is 102 cm³/mol. The largest absolute Gasteiger partial charge is 0.444 e. The van der Waals surface area contributed by atoms with Crippen LogP contribution in [0, 0.1) is 0 Å². The van der Waals surface area contributed by atoms with Crippen LogP contribution in [0.2, 0.25) is 0 Å². The van der Waals surface area contributed by atoms with Crippen LogP contribution in [0.3, 0.4) is 0 Å². The molecule has 0 spiro atoms. The van der Waals surface area contributed by atoms with Crippen molar-refractivity contribution in [2.75, 3.05) is 59.9 Å². The Labute approximate surface area is 152 Å². The third kappa shape index (κ3) is 9.50. The van der Waals surface area contributed by atoms with E-state index in [1.54, 1.807) is 0 Å². The van der Waals surface area contributed by atoms with Gasteiger partial charge in [0.15, 0.2) is 5.96 Å². The Morgan fingerprint density at radius 1 is 1.16 bits per heavy atom. The van der Waals surface area contributed by atoms with E-state index in [-0.39, 0.29) is 0 Å². The highest BCUT2D eigenvalue weighted by atomic mass is 16.6. The number of nitrogens with zero attached hydrogens (tertiary/aromatic N) is 3. The van der Waals surface area contributed by atoms with Gasteiger partial charge in [-0.2, -0.15) is 0 Å². The van der Waals surface area contributed by atoms with Crippen molar-refractivity contribution >= 4 is 12.1 Å². The first-order valence-corrected chi connectivity index (χ1v) is 9.09. The fraction of sp³-hybridized carbons (Fsp3) is 0.882. The first kappa shape index (κ1) is 21.5. The first-order valence-electron chi connectivity index (χ1n) is 9.09. The Hall–Kier alpha value is -1.54. The maximum Gasteiger partial charge on any atom is 0.407 e. The van der Waals surface area contributed by atoms with E-state index in [0.29, 0.717) is 19.1 Å². The van der Waals surface area contributed by atoms with Crippen molar-refractivity contribution in [1.29, 1.82) is 0 Å². The minimum absolute atomic E-state index is 0.400. The molecule has 146 valence electrons. The summed E-state index contributed by atoms with van der Waals surface area (Å²) in [6, 6.07) is 0.425. The van der Waals surface area contributed by atoms with Crippen molar-refractivity contribution in [3.05, 3.63) is 0 Å². The summed E-state index contributed by atoms with van der Waals surface area (Å²) in [5.41, 5.74) is -0.479. The number of carbonyl (C=O) groups is 1. The second-order valence-corrected chi connectivity index (χ2v) is 7.47. The van der Waals surface area contributed by atoms with Gasteiger partial charge in [-0.05, 0) is 41.8 Å². The molecule has 1 aliphatic rings. The Bertz CT molecular complexity index is 435. The van der Waals surface area contributed by atoms with E-state index in [1.807, 2.05) is 27.7 Å². The molecule has 8 heteroatoms. The van der Waals surface area contributed by atoms with E-state index in [1.165, 1.54) is 0 Å². The Balaban J connectivity index is 2.36. The van der Waals surface area contributed by atoms with E-state index < -0.39 is 11.7 Å². The van der Waals surface area contributed by atoms with Crippen molar-refractivity contribution in [1.82, 2.24) is 25.8 Å². The van der Waals surface area contributed by atoms with Gasteiger partial charge in [0.1, 0.15) is 5.60 Å². The van der Waals surface area contributed by atoms with Crippen molar-refractivity contribution < 1.29 is 9.53 Å². The molecule has 0 aliphatic carbocycles. The third-order valence-electron chi connectivity index (χ3n) is 3.87. The van der Waals surface area contributed by atoms with Gasteiger partial charge < -0.3 is 25.6 Å². The van der Waals surface area contributed by atoms with Gasteiger partial charge in [-0.3, -0.25) is 9.89 Å². The first-order chi connectivity index (χ1) is 11.7. The number of likely N-dealkylation sites (N-methyl/N-ethyl adjacent to an activating group) is 2. The van der Waals surface area contributed by atoms with Crippen molar-refractivity contribution in [2.45, 2.75) is 39.3 Å². The molecule has 1 amide bonds. The van der Waals surface area contributed by atoms with Gasteiger partial charge in [0.2, 0.25) is 0 Å². The van der Waals surface area contributed by atoms with Crippen molar-refractivity contribution in [2.24, 2.45) is 4.99 Å². The smallest absolute Gasteiger partial charge is 0.407 e. The number of hydrogen-bond acceptors (Lipinski definition) is 5. The van der Waals surface area contributed by atoms with Gasteiger partial charge >= 0.3 is 6.09 Å². The van der Waals surface area contributed by atoms with Gasteiger partial charge in [-0.1, -0.05) is 0 Å². The summed E-state index contributed by atoms with van der Waals surface area (Å²) in [6.07, 6.45) is -0.400. The van der Waals surface area contributed by atoms with Crippen LogP contribution >= 0.6 is 0 Å². The standard InChI is InChI=1S/C17H36N6O2/c1-7-18-15(19-8-9-20-16(24)25-17(2,3)4)21-12-14-13-22(5)10-11-23(14)6/h14H,7-13H2,1-6H3,(H,20,24)(H2,18,19,21). The zero-order valence-corrected chi connectivity index (χ0v) is 16.7. The fourth-order valence-electron chi connectivity index (χ4n) is 2.50. The van der Waals surface area contributed by atoms with Crippen LogP contribution in [0.4, 0.5) is 4.79 Å². The fourth-order valence-corrected chi connectivity index (χ4v) is 2.50. The van der Waals surface area contributed by atoms with Gasteiger partial charge in [-0.15, -0.1) is 0 Å². The van der Waals surface area contributed by atoms with Gasteiger partial charge in [0.25, 0.3) is 0 Å². The van der Waals surface area contributed by atoms with Crippen LogP contribution in [-0.4, -0.2) is 93.4 Å². The van der Waals surface area contributed by atoms with E-state index >= 15 is 0 Å². The summed E-state index contributed by atoms with van der Waals surface area (Å²) >= 11 is 0. The summed E-state index contributed by atoms with van der Waals surface area (Å²) in [4.78, 5) is 21.0. The number of nitrogens with one attached hydrogen (secondary N) is 3. The zero-order valence-electron chi connectivity index (χ0n) is 16.7. The molecule has 1 aliphatic heterocycles. The van der Waals surface area contributed by atoms with Gasteiger partial charge in [-0.25, -0.2) is 4.79 Å². The SMILES string of the molecule is CCNC(=NCC1CN(C)CCN1C)NCCNC(=O)OC(C)(C)C. The predicted octanol–water partition coefficient (Wildman–Crippen LogP) is 0.312. The summed E-state index contributed by atoms with van der Waals surface area (Å²) in [6.45, 7) is 13.4. The topological polar surface area (TPSA) is 81.2 Å². The summed E-state index contributed by atoms with van der Waals surface area (Å²) in [5, 5.41) is 9.21. The molecule has 3 N–H and O–H groups in total. The maximum absolute atomic E-state index is 11.6. The molecular weight excluding hydrogens is 320 g/mol. The van der Waals surface area contributed by atoms with Crippen LogP contribution in [0.25, 0.3) is 0 Å². The molecule has 25 heavy (non-hydrogen) atoms. The number of amides is 1. The molecule has 0 aromatic carbocycles. The number of alkyl carbamates (subject to hydrolysis) is 1. The number of piperazine rings is 1. The summed E-state index contributed by atoms with van der Waals surface area (Å²) < 4.78 is 5.21. The van der Waals surface area contributed by atoms with Crippen LogP contribution in [-0.2, 0) is 4.74 Å². The highest BCUT2D eigenvalue weighted by molar-refractivity contribution is 5.79. The Kier molecular flexibility index (Phi) is 8.99. The second-order valence-electron chi connectivity index (χ2n) is 7.47. The Morgan fingerprint density at radius 2 is 1.84 bits per heavy atom. The Morgan fingerprint density at radius 3 is 2.48 bits per heavy atom. The maximum atomic E-state index is 11.6. The van der Waals surface area contributed by atoms with E-state index in [9.17, 15) is 4.79 Å². The van der Waals surface area contributed by atoms with E-state index in [2.05, 4.69) is 44.8 Å². The molecule has 0 aromatic heterocycles. The van der Waals surface area contributed by atoms with Crippen molar-refractivity contribution in [3.63, 3.8) is 0 Å². The molecule has 1 heterocycles. The molecular formula is C17H36N6O2. The molecule has 0 bridgehead atoms. The van der Waals surface area contributed by atoms with E-state index in [4.69, 9.17) is 4.74 Å². The molecule has 0 saturated carbocycles. The lowest BCUT2D eigenvalue weighted by Gasteiger charge is -2.36. The zero-order chi connectivity index (χ0) is 18.9. The molecule has 0 aromatic rings. The number of guanidine groups is 1. The highest BCUT2D eigenvalue weighted by Gasteiger charge is 2.21. The summed E-state index contributed by atoms with van der Waals surface area (Å²) in [7, 11) is 4.30. The van der Waals surface area contributed by atoms with Gasteiger partial charge in [0.05, 0.1) is 6.54 Å². The minimum atomic E-state index is -0.479. The number of carbonyl (C=O) groups excluding carboxylic acids is 1. The van der Waals surface area contributed by atoms with Crippen LogP contribution in [0.1, 0.15) is 27.7 Å². The normalized spacial score (nSPS) is 20.2. The highest BCUT2D eigenvalue weighted by Crippen LogP contribution is 2.06. The lowest BCUT2D eigenvalue weighted by molar-refractivity contribution is 0.0529. The lowest BCUT2D eigenvalue weighted by Crippen LogP contribution is -2.51. The molecule has 1 fully saturated rings. The number of aliphatic imine (C=N–C) groups is 1. The molecule has 1 rings (SSSR count). The molecule has 8 nitrogen and oxygen atoms in total. The number of ether oxygens (including phenoxy) is 1. The average Bonchev–Trinajstić information content (AvgIpc) is 2.50. The second kappa shape index (κ2) is 10.5. The summed E-state index contributed by atoms with van der Waals surface area (Å²) in [5.74, 6) is 0.773. The number of hydrogen-bond donors (Lipinski definition) is 3. The van der Waals surface area contributed by atoms with Gasteiger partial charge in [0, 0.05) is 45.3 Å². The third-order valence-corrected chi connectivity index (χ3v) is 3.87. The molecule has 0 radical (unpaired) electrons.